The zero-order chi connectivity index (χ0) is 26.7. The minimum Gasteiger partial charge on any atom is -0.495 e. The van der Waals surface area contributed by atoms with Crippen molar-refractivity contribution in [3.63, 3.8) is 0 Å². The molecule has 1 amide bonds. The van der Waals surface area contributed by atoms with E-state index in [0.717, 1.165) is 23.3 Å². The Bertz CT molecular complexity index is 1410. The lowest BCUT2D eigenvalue weighted by atomic mass is 10.0. The van der Waals surface area contributed by atoms with Crippen LogP contribution in [-0.4, -0.2) is 58.7 Å². The number of sulfonamides is 1. The molecule has 8 nitrogen and oxygen atoms in total. The smallest absolute Gasteiger partial charge is 0.265 e. The molecule has 2 unspecified atom stereocenters. The van der Waals surface area contributed by atoms with Gasteiger partial charge in [-0.25, -0.2) is 12.8 Å². The van der Waals surface area contributed by atoms with Crippen LogP contribution in [0.25, 0.3) is 0 Å². The summed E-state index contributed by atoms with van der Waals surface area (Å²) in [6.45, 7) is 4.33. The number of benzene rings is 3. The molecule has 37 heavy (non-hydrogen) atoms. The van der Waals surface area contributed by atoms with Crippen molar-refractivity contribution >= 4 is 21.6 Å². The van der Waals surface area contributed by atoms with Crippen molar-refractivity contribution in [3.8, 4) is 11.5 Å². The molecule has 1 aliphatic heterocycles. The van der Waals surface area contributed by atoms with E-state index in [1.165, 1.54) is 32.4 Å². The average molecular weight is 529 g/mol. The molecular weight excluding hydrogens is 499 g/mol. The van der Waals surface area contributed by atoms with Gasteiger partial charge in [-0.2, -0.15) is 0 Å². The molecule has 0 aromatic heterocycles. The topological polar surface area (TPSA) is 94.2 Å². The Morgan fingerprint density at radius 1 is 1.00 bits per heavy atom. The highest BCUT2D eigenvalue weighted by Gasteiger charge is 2.38. The minimum absolute atomic E-state index is 0.0174. The predicted octanol–water partition coefficient (Wildman–Crippen LogP) is 4.17. The second-order valence-electron chi connectivity index (χ2n) is 8.89. The van der Waals surface area contributed by atoms with Crippen molar-refractivity contribution in [2.75, 3.05) is 32.0 Å². The molecule has 2 atom stereocenters. The number of carbonyl (C=O) groups is 1. The van der Waals surface area contributed by atoms with E-state index in [2.05, 4.69) is 4.72 Å². The van der Waals surface area contributed by atoms with Gasteiger partial charge in [0.1, 0.15) is 34.4 Å². The molecule has 1 fully saturated rings. The number of amides is 1. The quantitative estimate of drug-likeness (QED) is 0.472. The van der Waals surface area contributed by atoms with Gasteiger partial charge in [0.15, 0.2) is 0 Å². The first-order chi connectivity index (χ1) is 17.6. The number of ether oxygens (including phenoxy) is 3. The van der Waals surface area contributed by atoms with Crippen molar-refractivity contribution in [1.82, 2.24) is 4.90 Å². The number of hydrogen-bond acceptors (Lipinski definition) is 6. The minimum atomic E-state index is -4.07. The maximum absolute atomic E-state index is 14.5. The SMILES string of the molecule is COc1ccccc1S(=O)(=O)Nc1cc(F)cc(OC2CN(C(=O)c3cc(C)ccc3C)CC2OC)c1. The zero-order valence-corrected chi connectivity index (χ0v) is 21.8. The molecule has 0 bridgehead atoms. The Morgan fingerprint density at radius 2 is 1.73 bits per heavy atom. The Kier molecular flexibility index (Phi) is 7.70. The fourth-order valence-corrected chi connectivity index (χ4v) is 5.51. The number of nitrogens with one attached hydrogen (secondary N) is 1. The van der Waals surface area contributed by atoms with Crippen LogP contribution in [-0.2, 0) is 14.8 Å². The van der Waals surface area contributed by atoms with Gasteiger partial charge in [0.05, 0.1) is 25.9 Å². The van der Waals surface area contributed by atoms with E-state index in [1.54, 1.807) is 17.0 Å². The van der Waals surface area contributed by atoms with Crippen LogP contribution in [0.4, 0.5) is 10.1 Å². The van der Waals surface area contributed by atoms with Crippen LogP contribution < -0.4 is 14.2 Å². The zero-order valence-electron chi connectivity index (χ0n) is 21.0. The van der Waals surface area contributed by atoms with Crippen LogP contribution in [0.5, 0.6) is 11.5 Å². The van der Waals surface area contributed by atoms with Crippen molar-refractivity contribution in [1.29, 1.82) is 0 Å². The molecule has 1 N–H and O–H groups in total. The van der Waals surface area contributed by atoms with Gasteiger partial charge in [0, 0.05) is 24.8 Å². The van der Waals surface area contributed by atoms with Crippen LogP contribution in [0, 0.1) is 19.7 Å². The number of halogens is 1. The van der Waals surface area contributed by atoms with Gasteiger partial charge in [-0.1, -0.05) is 29.8 Å². The summed E-state index contributed by atoms with van der Waals surface area (Å²) in [5.74, 6) is -0.569. The Balaban J connectivity index is 1.53. The first-order valence-corrected chi connectivity index (χ1v) is 13.1. The number of rotatable bonds is 8. The summed E-state index contributed by atoms with van der Waals surface area (Å²) in [4.78, 5) is 14.8. The summed E-state index contributed by atoms with van der Waals surface area (Å²) in [7, 11) is -1.18. The largest absolute Gasteiger partial charge is 0.495 e. The van der Waals surface area contributed by atoms with Gasteiger partial charge < -0.3 is 19.1 Å². The van der Waals surface area contributed by atoms with Gasteiger partial charge in [-0.3, -0.25) is 9.52 Å². The first kappa shape index (κ1) is 26.4. The molecule has 1 heterocycles. The van der Waals surface area contributed by atoms with E-state index in [-0.39, 0.29) is 34.5 Å². The highest BCUT2D eigenvalue weighted by atomic mass is 32.2. The molecule has 1 saturated heterocycles. The third kappa shape index (κ3) is 5.86. The number of para-hydroxylation sites is 1. The monoisotopic (exact) mass is 528 g/mol. The summed E-state index contributed by atoms with van der Waals surface area (Å²) < 4.78 is 59.4. The molecule has 0 radical (unpaired) electrons. The summed E-state index contributed by atoms with van der Waals surface area (Å²) in [5, 5.41) is 0. The second-order valence-corrected chi connectivity index (χ2v) is 10.5. The van der Waals surface area contributed by atoms with Crippen molar-refractivity contribution in [2.45, 2.75) is 31.0 Å². The number of nitrogens with zero attached hydrogens (tertiary/aromatic N) is 1. The standard InChI is InChI=1S/C27H29FN2O6S/c1-17-9-10-18(2)22(11-17)27(31)30-15-24(35-4)25(16-30)36-21-13-19(28)12-20(14-21)29-37(32,33)26-8-6-5-7-23(26)34-3/h5-14,24-25,29H,15-16H2,1-4H3. The third-order valence-electron chi connectivity index (χ3n) is 6.20. The van der Waals surface area contributed by atoms with Crippen molar-refractivity contribution < 1.29 is 31.8 Å². The Morgan fingerprint density at radius 3 is 2.46 bits per heavy atom. The highest BCUT2D eigenvalue weighted by molar-refractivity contribution is 7.92. The van der Waals surface area contributed by atoms with E-state index in [1.807, 2.05) is 32.0 Å². The molecule has 0 spiro atoms. The number of anilines is 1. The van der Waals surface area contributed by atoms with E-state index in [4.69, 9.17) is 14.2 Å². The molecule has 10 heteroatoms. The number of methoxy groups -OCH3 is 2. The maximum atomic E-state index is 14.5. The van der Waals surface area contributed by atoms with Gasteiger partial charge in [-0.15, -0.1) is 0 Å². The average Bonchev–Trinajstić information content (AvgIpc) is 3.27. The van der Waals surface area contributed by atoms with Gasteiger partial charge >= 0.3 is 0 Å². The number of likely N-dealkylation sites (tertiary alicyclic amines) is 1. The summed E-state index contributed by atoms with van der Waals surface area (Å²) in [5.41, 5.74) is 2.43. The first-order valence-electron chi connectivity index (χ1n) is 11.6. The molecule has 4 rings (SSSR count). The molecular formula is C27H29FN2O6S. The van der Waals surface area contributed by atoms with E-state index >= 15 is 0 Å². The van der Waals surface area contributed by atoms with Crippen LogP contribution in [0.3, 0.4) is 0 Å². The van der Waals surface area contributed by atoms with Crippen molar-refractivity contribution in [3.05, 3.63) is 83.2 Å². The predicted molar refractivity (Wildman–Crippen MR) is 137 cm³/mol. The lowest BCUT2D eigenvalue weighted by Crippen LogP contribution is -2.32. The second kappa shape index (κ2) is 10.8. The van der Waals surface area contributed by atoms with Crippen LogP contribution in [0.1, 0.15) is 21.5 Å². The van der Waals surface area contributed by atoms with E-state index in [0.29, 0.717) is 12.1 Å². The van der Waals surface area contributed by atoms with Gasteiger partial charge in [-0.05, 0) is 43.7 Å². The van der Waals surface area contributed by atoms with E-state index < -0.39 is 28.0 Å². The van der Waals surface area contributed by atoms with E-state index in [9.17, 15) is 17.6 Å². The van der Waals surface area contributed by atoms with Crippen LogP contribution in [0.15, 0.2) is 65.6 Å². The maximum Gasteiger partial charge on any atom is 0.265 e. The highest BCUT2D eigenvalue weighted by Crippen LogP contribution is 2.29. The summed E-state index contributed by atoms with van der Waals surface area (Å²) in [6, 6.07) is 15.4. The normalized spacial score (nSPS) is 17.5. The van der Waals surface area contributed by atoms with Crippen LogP contribution in [0.2, 0.25) is 0 Å². The van der Waals surface area contributed by atoms with Gasteiger partial charge in [0.25, 0.3) is 15.9 Å². The van der Waals surface area contributed by atoms with Crippen LogP contribution >= 0.6 is 0 Å². The summed E-state index contributed by atoms with van der Waals surface area (Å²) >= 11 is 0. The Labute approximate surface area is 216 Å². The molecule has 1 aliphatic rings. The number of aryl methyl sites for hydroxylation is 2. The summed E-state index contributed by atoms with van der Waals surface area (Å²) in [6.07, 6.45) is -1.04. The lowest BCUT2D eigenvalue weighted by molar-refractivity contribution is 0.0338. The molecule has 3 aromatic rings. The fourth-order valence-electron chi connectivity index (χ4n) is 4.30. The molecule has 196 valence electrons. The fraction of sp³-hybridized carbons (Fsp3) is 0.296. The molecule has 0 aliphatic carbocycles. The lowest BCUT2D eigenvalue weighted by Gasteiger charge is -2.20. The molecule has 0 saturated carbocycles. The number of hydrogen-bond donors (Lipinski definition) is 1. The third-order valence-corrected chi connectivity index (χ3v) is 7.62. The molecule has 3 aromatic carbocycles. The Hall–Kier alpha value is -3.63. The van der Waals surface area contributed by atoms with Crippen molar-refractivity contribution in [2.24, 2.45) is 0 Å². The number of carbonyl (C=O) groups excluding carboxylic acids is 1. The van der Waals surface area contributed by atoms with Gasteiger partial charge in [0.2, 0.25) is 0 Å².